The van der Waals surface area contributed by atoms with E-state index in [9.17, 15) is 17.6 Å². The van der Waals surface area contributed by atoms with E-state index in [0.29, 0.717) is 19.6 Å². The second-order valence-electron chi connectivity index (χ2n) is 5.89. The van der Waals surface area contributed by atoms with Crippen molar-refractivity contribution in [3.8, 4) is 0 Å². The summed E-state index contributed by atoms with van der Waals surface area (Å²) in [5, 5.41) is 3.19. The number of nitrogens with one attached hydrogen (secondary N) is 3. The molecule has 1 fully saturated rings. The highest BCUT2D eigenvalue weighted by Crippen LogP contribution is 2.20. The quantitative estimate of drug-likeness (QED) is 0.727. The van der Waals surface area contributed by atoms with Crippen molar-refractivity contribution in [1.29, 1.82) is 0 Å². The van der Waals surface area contributed by atoms with E-state index in [0.717, 1.165) is 6.07 Å². The van der Waals surface area contributed by atoms with Crippen LogP contribution in [0.1, 0.15) is 17.4 Å². The molecule has 0 saturated carbocycles. The van der Waals surface area contributed by atoms with Gasteiger partial charge in [-0.15, -0.1) is 12.4 Å². The second-order valence-corrected chi connectivity index (χ2v) is 7.57. The molecule has 26 heavy (non-hydrogen) atoms. The molecule has 10 heteroatoms. The summed E-state index contributed by atoms with van der Waals surface area (Å²) in [5.41, 5.74) is 0.0370. The smallest absolute Gasteiger partial charge is 0.270 e. The van der Waals surface area contributed by atoms with Gasteiger partial charge in [-0.2, -0.15) is 0 Å². The Labute approximate surface area is 157 Å². The van der Waals surface area contributed by atoms with Crippen LogP contribution in [0.3, 0.4) is 0 Å². The minimum absolute atomic E-state index is 0. The van der Waals surface area contributed by atoms with Crippen LogP contribution in [0.5, 0.6) is 0 Å². The number of nitrogens with zero attached hydrogens (tertiary/aromatic N) is 1. The first-order chi connectivity index (χ1) is 11.9. The number of amides is 1. The number of halogens is 2. The van der Waals surface area contributed by atoms with Gasteiger partial charge in [0.1, 0.15) is 16.4 Å². The number of aromatic nitrogens is 1. The molecule has 1 aromatic carbocycles. The molecule has 1 atom stereocenters. The first-order valence-electron chi connectivity index (χ1n) is 7.86. The Kier molecular flexibility index (Phi) is 6.27. The lowest BCUT2D eigenvalue weighted by atomic mass is 10.2. The number of rotatable bonds is 4. The lowest BCUT2D eigenvalue weighted by Crippen LogP contribution is -2.52. The summed E-state index contributed by atoms with van der Waals surface area (Å²) >= 11 is 0. The van der Waals surface area contributed by atoms with Crippen molar-refractivity contribution in [3.63, 3.8) is 0 Å². The van der Waals surface area contributed by atoms with Gasteiger partial charge in [-0.05, 0) is 25.1 Å². The predicted molar refractivity (Wildman–Crippen MR) is 98.6 cm³/mol. The Morgan fingerprint density at radius 3 is 2.77 bits per heavy atom. The van der Waals surface area contributed by atoms with Crippen LogP contribution in [0.4, 0.5) is 10.1 Å². The molecule has 0 radical (unpaired) electrons. The third kappa shape index (κ3) is 4.17. The Morgan fingerprint density at radius 1 is 1.35 bits per heavy atom. The number of sulfonamides is 1. The summed E-state index contributed by atoms with van der Waals surface area (Å²) in [7, 11) is -4.00. The summed E-state index contributed by atoms with van der Waals surface area (Å²) in [5.74, 6) is -0.936. The second kappa shape index (κ2) is 8.07. The minimum Gasteiger partial charge on any atom is -0.356 e. The Balaban J connectivity index is 0.00000243. The van der Waals surface area contributed by atoms with Crippen LogP contribution in [0.2, 0.25) is 0 Å². The largest absolute Gasteiger partial charge is 0.356 e. The van der Waals surface area contributed by atoms with Crippen LogP contribution in [0.15, 0.2) is 41.4 Å². The summed E-state index contributed by atoms with van der Waals surface area (Å²) in [4.78, 5) is 16.8. The summed E-state index contributed by atoms with van der Waals surface area (Å²) < 4.78 is 40.6. The average molecular weight is 403 g/mol. The van der Waals surface area contributed by atoms with Gasteiger partial charge in [0.25, 0.3) is 15.9 Å². The van der Waals surface area contributed by atoms with Crippen LogP contribution in [-0.2, 0) is 10.0 Å². The zero-order valence-electron chi connectivity index (χ0n) is 14.0. The van der Waals surface area contributed by atoms with Gasteiger partial charge in [-0.1, -0.05) is 12.1 Å². The molecule has 142 valence electrons. The predicted octanol–water partition coefficient (Wildman–Crippen LogP) is 1.81. The Bertz CT molecular complexity index is 887. The normalized spacial score (nSPS) is 17.5. The van der Waals surface area contributed by atoms with E-state index in [1.165, 1.54) is 30.5 Å². The van der Waals surface area contributed by atoms with Crippen molar-refractivity contribution >= 4 is 34.0 Å². The highest BCUT2D eigenvalue weighted by molar-refractivity contribution is 7.92. The highest BCUT2D eigenvalue weighted by Gasteiger charge is 2.26. The summed E-state index contributed by atoms with van der Waals surface area (Å²) in [6.45, 7) is 3.85. The van der Waals surface area contributed by atoms with Gasteiger partial charge in [0.15, 0.2) is 0 Å². The Morgan fingerprint density at radius 2 is 2.08 bits per heavy atom. The van der Waals surface area contributed by atoms with Crippen molar-refractivity contribution in [2.24, 2.45) is 0 Å². The molecule has 1 aromatic heterocycles. The van der Waals surface area contributed by atoms with E-state index in [1.54, 1.807) is 4.90 Å². The van der Waals surface area contributed by atoms with E-state index in [4.69, 9.17) is 0 Å². The lowest BCUT2D eigenvalue weighted by Gasteiger charge is -2.33. The van der Waals surface area contributed by atoms with E-state index in [2.05, 4.69) is 15.0 Å². The van der Waals surface area contributed by atoms with Gasteiger partial charge < -0.3 is 15.2 Å². The van der Waals surface area contributed by atoms with E-state index in [-0.39, 0.29) is 40.6 Å². The molecular formula is C16H20ClFN4O3S. The minimum atomic E-state index is -4.00. The van der Waals surface area contributed by atoms with Gasteiger partial charge in [-0.3, -0.25) is 9.52 Å². The van der Waals surface area contributed by atoms with Gasteiger partial charge in [-0.25, -0.2) is 12.8 Å². The number of carbonyl (C=O) groups is 1. The molecule has 3 rings (SSSR count). The zero-order valence-corrected chi connectivity index (χ0v) is 15.7. The Hall–Kier alpha value is -2.10. The van der Waals surface area contributed by atoms with Crippen LogP contribution in [-0.4, -0.2) is 49.9 Å². The molecule has 7 nitrogen and oxygen atoms in total. The third-order valence-electron chi connectivity index (χ3n) is 4.08. The third-order valence-corrected chi connectivity index (χ3v) is 5.42. The maximum Gasteiger partial charge on any atom is 0.270 e. The van der Waals surface area contributed by atoms with Crippen LogP contribution < -0.4 is 10.0 Å². The molecule has 0 unspecified atom stereocenters. The number of hydrogen-bond donors (Lipinski definition) is 3. The lowest BCUT2D eigenvalue weighted by molar-refractivity contribution is 0.0650. The van der Waals surface area contributed by atoms with E-state index in [1.807, 2.05) is 6.92 Å². The SMILES string of the molecule is C[C@H]1CNCCN1C(=O)c1cc(S(=O)(=O)Nc2ccccc2F)c[nH]1.Cl. The van der Waals surface area contributed by atoms with Gasteiger partial charge >= 0.3 is 0 Å². The number of piperazine rings is 1. The van der Waals surface area contributed by atoms with Crippen LogP contribution in [0, 0.1) is 5.82 Å². The van der Waals surface area contributed by atoms with Crippen molar-refractivity contribution in [3.05, 3.63) is 48.0 Å². The summed E-state index contributed by atoms with van der Waals surface area (Å²) in [6.07, 6.45) is 1.23. The van der Waals surface area contributed by atoms with Crippen LogP contribution >= 0.6 is 12.4 Å². The van der Waals surface area contributed by atoms with Gasteiger partial charge in [0, 0.05) is 31.9 Å². The molecule has 1 aliphatic rings. The first-order valence-corrected chi connectivity index (χ1v) is 9.34. The number of aromatic amines is 1. The molecule has 1 aliphatic heterocycles. The standard InChI is InChI=1S/C16H19FN4O3S.ClH/c1-11-9-18-6-7-21(11)16(22)15-8-12(10-19-15)25(23,24)20-14-5-3-2-4-13(14)17;/h2-5,8,10-11,18-20H,6-7,9H2,1H3;1H/t11-;/m0./s1. The fraction of sp³-hybridized carbons (Fsp3) is 0.312. The molecule has 0 spiro atoms. The molecule has 1 saturated heterocycles. The molecule has 3 N–H and O–H groups in total. The monoisotopic (exact) mass is 402 g/mol. The molecule has 2 heterocycles. The van der Waals surface area contributed by atoms with Crippen molar-refractivity contribution in [2.45, 2.75) is 17.9 Å². The number of benzene rings is 1. The van der Waals surface area contributed by atoms with Gasteiger partial charge in [0.05, 0.1) is 5.69 Å². The molecule has 0 aliphatic carbocycles. The van der Waals surface area contributed by atoms with Crippen molar-refractivity contribution < 1.29 is 17.6 Å². The molecule has 0 bridgehead atoms. The highest BCUT2D eigenvalue weighted by atomic mass is 35.5. The maximum absolute atomic E-state index is 13.7. The molecular weight excluding hydrogens is 383 g/mol. The fourth-order valence-electron chi connectivity index (χ4n) is 2.70. The number of carbonyl (C=O) groups excluding carboxylic acids is 1. The fourth-order valence-corrected chi connectivity index (χ4v) is 3.76. The number of anilines is 1. The number of hydrogen-bond acceptors (Lipinski definition) is 4. The van der Waals surface area contributed by atoms with E-state index < -0.39 is 15.8 Å². The zero-order chi connectivity index (χ0) is 18.0. The first kappa shape index (κ1) is 20.2. The average Bonchev–Trinajstić information content (AvgIpc) is 3.08. The topological polar surface area (TPSA) is 94.3 Å². The van der Waals surface area contributed by atoms with Crippen molar-refractivity contribution in [1.82, 2.24) is 15.2 Å². The number of para-hydroxylation sites is 1. The molecule has 1 amide bonds. The summed E-state index contributed by atoms with van der Waals surface area (Å²) in [6, 6.07) is 6.76. The van der Waals surface area contributed by atoms with Crippen molar-refractivity contribution in [2.75, 3.05) is 24.4 Å². The number of H-pyrrole nitrogens is 1. The van der Waals surface area contributed by atoms with Gasteiger partial charge in [0.2, 0.25) is 0 Å². The maximum atomic E-state index is 13.7. The molecule has 2 aromatic rings. The van der Waals surface area contributed by atoms with E-state index >= 15 is 0 Å². The van der Waals surface area contributed by atoms with Crippen LogP contribution in [0.25, 0.3) is 0 Å².